The first-order valence-electron chi connectivity index (χ1n) is 15.5. The molecule has 0 aliphatic carbocycles. The maximum absolute atomic E-state index is 14.5. The summed E-state index contributed by atoms with van der Waals surface area (Å²) < 4.78 is 87.2. The molecule has 1 heterocycles. The predicted molar refractivity (Wildman–Crippen MR) is 181 cm³/mol. The van der Waals surface area contributed by atoms with Gasteiger partial charge in [0.25, 0.3) is 0 Å². The van der Waals surface area contributed by atoms with E-state index in [9.17, 15) is 40.6 Å². The number of phenolic OH excluding ortho intramolecular Hbond substituents is 1. The molecule has 1 aliphatic heterocycles. The van der Waals surface area contributed by atoms with Crippen LogP contribution < -0.4 is 14.9 Å². The second-order valence-corrected chi connectivity index (χ2v) is 16.6. The Hall–Kier alpha value is -3.83. The number of benzene rings is 3. The molecule has 1 aliphatic rings. The number of anilines is 2. The fourth-order valence-electron chi connectivity index (χ4n) is 5.36. The van der Waals surface area contributed by atoms with Crippen LogP contribution in [0.1, 0.15) is 50.8 Å². The van der Waals surface area contributed by atoms with Crippen molar-refractivity contribution in [3.63, 3.8) is 0 Å². The second kappa shape index (κ2) is 15.4. The number of hydrogen-bond donors (Lipinski definition) is 4. The lowest BCUT2D eigenvalue weighted by Crippen LogP contribution is -2.43. The summed E-state index contributed by atoms with van der Waals surface area (Å²) in [4.78, 5) is 14.6. The molecule has 3 aromatic rings. The monoisotopic (exact) mass is 724 g/mol. The standard InChI is InChI=1S/C33H42F2N4O8S2/c1-33(2,3)47-32(42)21-39(20-23-17-24(34)6-11-28(23)35)49(45,46)27-9-7-26(8-10-27)38-15-13-25(14-16-38)36-19-31(41)22-5-12-30(40)29(18-22)37-48(4,43)44/h5-12,17-18,25,31,36-37,40-41H,13-16,19-21H2,1-4H3/t31-/m0/s1. The van der Waals surface area contributed by atoms with Crippen molar-refractivity contribution in [1.29, 1.82) is 0 Å². The first kappa shape index (κ1) is 38.0. The van der Waals surface area contributed by atoms with Gasteiger partial charge in [-0.1, -0.05) is 6.07 Å². The van der Waals surface area contributed by atoms with Crippen molar-refractivity contribution in [2.24, 2.45) is 0 Å². The molecule has 0 aromatic heterocycles. The number of hydrogen-bond acceptors (Lipinski definition) is 10. The van der Waals surface area contributed by atoms with Gasteiger partial charge in [-0.3, -0.25) is 9.52 Å². The zero-order chi connectivity index (χ0) is 36.1. The van der Waals surface area contributed by atoms with Gasteiger partial charge in [-0.05, 0) is 93.8 Å². The van der Waals surface area contributed by atoms with E-state index in [-0.39, 0.29) is 34.5 Å². The van der Waals surface area contributed by atoms with E-state index in [4.69, 9.17) is 4.74 Å². The predicted octanol–water partition coefficient (Wildman–Crippen LogP) is 3.87. The van der Waals surface area contributed by atoms with Crippen molar-refractivity contribution in [3.8, 4) is 5.75 Å². The number of aliphatic hydroxyl groups excluding tert-OH is 1. The van der Waals surface area contributed by atoms with Gasteiger partial charge in [0.2, 0.25) is 20.0 Å². The molecule has 0 saturated carbocycles. The molecule has 4 N–H and O–H groups in total. The lowest BCUT2D eigenvalue weighted by Gasteiger charge is -2.34. The van der Waals surface area contributed by atoms with E-state index >= 15 is 0 Å². The topological polar surface area (TPSA) is 166 Å². The number of aliphatic hydroxyl groups is 1. The highest BCUT2D eigenvalue weighted by Crippen LogP contribution is 2.29. The van der Waals surface area contributed by atoms with Crippen LogP contribution in [-0.4, -0.2) is 81.4 Å². The summed E-state index contributed by atoms with van der Waals surface area (Å²) in [7, 11) is -7.97. The van der Waals surface area contributed by atoms with Crippen molar-refractivity contribution in [2.45, 2.75) is 62.8 Å². The van der Waals surface area contributed by atoms with Crippen LogP contribution in [0.3, 0.4) is 0 Å². The summed E-state index contributed by atoms with van der Waals surface area (Å²) in [6.45, 7) is 5.05. The summed E-state index contributed by atoms with van der Waals surface area (Å²) >= 11 is 0. The van der Waals surface area contributed by atoms with Crippen LogP contribution in [-0.2, 0) is 36.1 Å². The van der Waals surface area contributed by atoms with Crippen molar-refractivity contribution in [3.05, 3.63) is 83.4 Å². The van der Waals surface area contributed by atoms with Crippen molar-refractivity contribution >= 4 is 37.4 Å². The Morgan fingerprint density at radius 1 is 1.02 bits per heavy atom. The van der Waals surface area contributed by atoms with Gasteiger partial charge in [-0.15, -0.1) is 0 Å². The van der Waals surface area contributed by atoms with E-state index in [1.165, 1.54) is 30.3 Å². The summed E-state index contributed by atoms with van der Waals surface area (Å²) in [5, 5.41) is 24.0. The number of phenols is 1. The highest BCUT2D eigenvalue weighted by molar-refractivity contribution is 7.92. The molecule has 0 radical (unpaired) electrons. The average molecular weight is 725 g/mol. The number of ether oxygens (including phenoxy) is 1. The highest BCUT2D eigenvalue weighted by atomic mass is 32.2. The van der Waals surface area contributed by atoms with Crippen LogP contribution in [0.5, 0.6) is 5.75 Å². The normalized spacial score (nSPS) is 15.3. The fraction of sp³-hybridized carbons (Fsp3) is 0.424. The largest absolute Gasteiger partial charge is 0.506 e. The number of aromatic hydroxyl groups is 1. The van der Waals surface area contributed by atoms with Gasteiger partial charge >= 0.3 is 5.97 Å². The third-order valence-electron chi connectivity index (χ3n) is 7.72. The molecule has 1 fully saturated rings. The molecule has 0 bridgehead atoms. The molecule has 0 spiro atoms. The summed E-state index contributed by atoms with van der Waals surface area (Å²) in [5.41, 5.74) is 0.0424. The SMILES string of the molecule is CC(C)(C)OC(=O)CN(Cc1cc(F)ccc1F)S(=O)(=O)c1ccc(N2CCC(NC[C@H](O)c3ccc(O)c(NS(C)(=O)=O)c3)CC2)cc1. The van der Waals surface area contributed by atoms with Crippen molar-refractivity contribution in [1.82, 2.24) is 9.62 Å². The van der Waals surface area contributed by atoms with Crippen LogP contribution in [0.2, 0.25) is 0 Å². The van der Waals surface area contributed by atoms with E-state index in [0.29, 0.717) is 31.5 Å². The van der Waals surface area contributed by atoms with E-state index in [2.05, 4.69) is 14.9 Å². The van der Waals surface area contributed by atoms with E-state index in [0.717, 1.165) is 34.4 Å². The summed E-state index contributed by atoms with van der Waals surface area (Å²) in [5.74, 6) is -2.67. The molecule has 49 heavy (non-hydrogen) atoms. The quantitative estimate of drug-likeness (QED) is 0.150. The first-order valence-corrected chi connectivity index (χ1v) is 18.9. The molecular formula is C33H42F2N4O8S2. The number of carbonyl (C=O) groups excluding carboxylic acids is 1. The number of halogens is 2. The van der Waals surface area contributed by atoms with Gasteiger partial charge in [0.15, 0.2) is 0 Å². The van der Waals surface area contributed by atoms with Gasteiger partial charge in [0, 0.05) is 43.5 Å². The number of nitrogens with zero attached hydrogens (tertiary/aromatic N) is 2. The average Bonchev–Trinajstić information content (AvgIpc) is 3.01. The second-order valence-electron chi connectivity index (χ2n) is 12.9. The van der Waals surface area contributed by atoms with Gasteiger partial charge in [0.1, 0.15) is 29.5 Å². The maximum Gasteiger partial charge on any atom is 0.321 e. The third-order valence-corrected chi connectivity index (χ3v) is 10.1. The molecule has 268 valence electrons. The van der Waals surface area contributed by atoms with Crippen molar-refractivity contribution < 1.29 is 45.4 Å². The van der Waals surface area contributed by atoms with Gasteiger partial charge < -0.3 is 25.2 Å². The Morgan fingerprint density at radius 3 is 2.29 bits per heavy atom. The number of nitrogens with one attached hydrogen (secondary N) is 2. The molecule has 3 aromatic carbocycles. The van der Waals surface area contributed by atoms with Crippen molar-refractivity contribution in [2.75, 3.05) is 42.1 Å². The Morgan fingerprint density at radius 2 is 1.67 bits per heavy atom. The molecule has 0 amide bonds. The molecule has 16 heteroatoms. The minimum Gasteiger partial charge on any atom is -0.506 e. The zero-order valence-corrected chi connectivity index (χ0v) is 29.3. The Kier molecular flexibility index (Phi) is 11.9. The fourth-order valence-corrected chi connectivity index (χ4v) is 7.28. The molecular weight excluding hydrogens is 683 g/mol. The summed E-state index contributed by atoms with van der Waals surface area (Å²) in [6, 6.07) is 13.1. The number of piperidine rings is 1. The zero-order valence-electron chi connectivity index (χ0n) is 27.7. The third kappa shape index (κ3) is 10.8. The van der Waals surface area contributed by atoms with Crippen LogP contribution in [0.4, 0.5) is 20.2 Å². The minimum absolute atomic E-state index is 0.0255. The van der Waals surface area contributed by atoms with Gasteiger partial charge in [-0.2, -0.15) is 4.31 Å². The van der Waals surface area contributed by atoms with Crippen LogP contribution >= 0.6 is 0 Å². The van der Waals surface area contributed by atoms with Crippen LogP contribution in [0.25, 0.3) is 0 Å². The van der Waals surface area contributed by atoms with E-state index in [1.54, 1.807) is 32.9 Å². The van der Waals surface area contributed by atoms with E-state index < -0.39 is 62.4 Å². The molecule has 12 nitrogen and oxygen atoms in total. The Balaban J connectivity index is 1.38. The number of carbonyl (C=O) groups is 1. The first-order chi connectivity index (χ1) is 22.8. The van der Waals surface area contributed by atoms with Crippen LogP contribution in [0, 0.1) is 11.6 Å². The summed E-state index contributed by atoms with van der Waals surface area (Å²) in [6.07, 6.45) is 1.43. The minimum atomic E-state index is -4.34. The maximum atomic E-state index is 14.5. The van der Waals surface area contributed by atoms with Crippen LogP contribution in [0.15, 0.2) is 65.6 Å². The Bertz CT molecular complexity index is 1850. The number of rotatable bonds is 13. The highest BCUT2D eigenvalue weighted by Gasteiger charge is 2.30. The number of esters is 1. The molecule has 4 rings (SSSR count). The lowest BCUT2D eigenvalue weighted by molar-refractivity contribution is -0.155. The molecule has 0 unspecified atom stereocenters. The molecule has 1 saturated heterocycles. The number of sulfonamides is 2. The van der Waals surface area contributed by atoms with Gasteiger partial charge in [0.05, 0.1) is 22.9 Å². The lowest BCUT2D eigenvalue weighted by atomic mass is 10.0. The Labute approximate surface area is 285 Å². The van der Waals surface area contributed by atoms with E-state index in [1.807, 2.05) is 0 Å². The molecule has 1 atom stereocenters. The smallest absolute Gasteiger partial charge is 0.321 e. The van der Waals surface area contributed by atoms with Gasteiger partial charge in [-0.25, -0.2) is 25.6 Å².